The van der Waals surface area contributed by atoms with Crippen molar-refractivity contribution in [2.75, 3.05) is 5.73 Å². The van der Waals surface area contributed by atoms with Gasteiger partial charge in [-0.15, -0.1) is 5.10 Å². The number of aromatic nitrogens is 4. The fourth-order valence-corrected chi connectivity index (χ4v) is 3.41. The minimum absolute atomic E-state index is 0.373. The SMILES string of the molecule is CCC1CCC(n2nnnc2-c2cc(N)cc(Cl)c2)CC1. The van der Waals surface area contributed by atoms with Gasteiger partial charge in [-0.3, -0.25) is 0 Å². The first-order valence-electron chi connectivity index (χ1n) is 7.51. The molecule has 6 heteroatoms. The molecule has 1 heterocycles. The van der Waals surface area contributed by atoms with Crippen LogP contribution in [0.4, 0.5) is 5.69 Å². The van der Waals surface area contributed by atoms with Crippen LogP contribution >= 0.6 is 11.6 Å². The lowest BCUT2D eigenvalue weighted by Gasteiger charge is -2.28. The van der Waals surface area contributed by atoms with Crippen LogP contribution in [0.5, 0.6) is 0 Å². The van der Waals surface area contributed by atoms with Gasteiger partial charge in [0.05, 0.1) is 6.04 Å². The van der Waals surface area contributed by atoms with E-state index >= 15 is 0 Å². The third-order valence-corrected chi connectivity index (χ3v) is 4.63. The first kappa shape index (κ1) is 14.3. The van der Waals surface area contributed by atoms with E-state index in [1.807, 2.05) is 16.8 Å². The van der Waals surface area contributed by atoms with Crippen LogP contribution in [0.25, 0.3) is 11.4 Å². The van der Waals surface area contributed by atoms with Gasteiger partial charge in [-0.05, 0) is 60.2 Å². The smallest absolute Gasteiger partial charge is 0.182 e. The van der Waals surface area contributed by atoms with Crippen LogP contribution in [0.15, 0.2) is 18.2 Å². The first-order valence-corrected chi connectivity index (χ1v) is 7.89. The molecular formula is C15H20ClN5. The van der Waals surface area contributed by atoms with Crippen molar-refractivity contribution >= 4 is 17.3 Å². The van der Waals surface area contributed by atoms with E-state index in [9.17, 15) is 0 Å². The maximum atomic E-state index is 6.09. The highest BCUT2D eigenvalue weighted by molar-refractivity contribution is 6.31. The lowest BCUT2D eigenvalue weighted by atomic mass is 9.84. The molecule has 0 aliphatic heterocycles. The molecule has 112 valence electrons. The maximum absolute atomic E-state index is 6.09. The van der Waals surface area contributed by atoms with Crippen molar-refractivity contribution in [2.24, 2.45) is 5.92 Å². The molecule has 1 aromatic heterocycles. The van der Waals surface area contributed by atoms with Gasteiger partial charge in [-0.25, -0.2) is 4.68 Å². The summed E-state index contributed by atoms with van der Waals surface area (Å²) in [6.07, 6.45) is 6.02. The molecule has 0 unspecified atom stereocenters. The van der Waals surface area contributed by atoms with Gasteiger partial charge in [0, 0.05) is 16.3 Å². The van der Waals surface area contributed by atoms with E-state index < -0.39 is 0 Å². The summed E-state index contributed by atoms with van der Waals surface area (Å²) < 4.78 is 1.94. The Morgan fingerprint density at radius 3 is 2.67 bits per heavy atom. The number of hydrogen-bond acceptors (Lipinski definition) is 4. The molecule has 1 aliphatic rings. The van der Waals surface area contributed by atoms with Crippen LogP contribution < -0.4 is 5.73 Å². The zero-order valence-corrected chi connectivity index (χ0v) is 12.9. The Morgan fingerprint density at radius 1 is 1.24 bits per heavy atom. The summed E-state index contributed by atoms with van der Waals surface area (Å²) in [6, 6.07) is 5.83. The Hall–Kier alpha value is -1.62. The Morgan fingerprint density at radius 2 is 2.00 bits per heavy atom. The summed E-state index contributed by atoms with van der Waals surface area (Å²) >= 11 is 6.09. The van der Waals surface area contributed by atoms with Crippen LogP contribution in [0.3, 0.4) is 0 Å². The number of nitrogen functional groups attached to an aromatic ring is 1. The van der Waals surface area contributed by atoms with Gasteiger partial charge < -0.3 is 5.73 Å². The Balaban J connectivity index is 1.87. The molecule has 3 rings (SSSR count). The van der Waals surface area contributed by atoms with Crippen LogP contribution in [0.1, 0.15) is 45.1 Å². The summed E-state index contributed by atoms with van der Waals surface area (Å²) in [5.74, 6) is 1.60. The largest absolute Gasteiger partial charge is 0.399 e. The number of benzene rings is 1. The molecule has 21 heavy (non-hydrogen) atoms. The molecule has 2 aromatic rings. The average molecular weight is 306 g/mol. The molecule has 5 nitrogen and oxygen atoms in total. The van der Waals surface area contributed by atoms with E-state index in [0.29, 0.717) is 16.8 Å². The molecular weight excluding hydrogens is 286 g/mol. The van der Waals surface area contributed by atoms with Gasteiger partial charge in [0.1, 0.15) is 0 Å². The van der Waals surface area contributed by atoms with Crippen molar-refractivity contribution in [1.29, 1.82) is 0 Å². The number of halogens is 1. The lowest BCUT2D eigenvalue weighted by Crippen LogP contribution is -2.19. The van der Waals surface area contributed by atoms with Crippen LogP contribution in [0, 0.1) is 5.92 Å². The van der Waals surface area contributed by atoms with Gasteiger partial charge in [-0.2, -0.15) is 0 Å². The van der Waals surface area contributed by atoms with Crippen LogP contribution in [0.2, 0.25) is 5.02 Å². The summed E-state index contributed by atoms with van der Waals surface area (Å²) in [4.78, 5) is 0. The number of rotatable bonds is 3. The Labute approximate surface area is 129 Å². The maximum Gasteiger partial charge on any atom is 0.182 e. The van der Waals surface area contributed by atoms with E-state index in [1.165, 1.54) is 19.3 Å². The Kier molecular flexibility index (Phi) is 4.10. The number of nitrogens with zero attached hydrogens (tertiary/aromatic N) is 4. The van der Waals surface area contributed by atoms with Crippen molar-refractivity contribution in [3.8, 4) is 11.4 Å². The minimum atomic E-state index is 0.373. The molecule has 1 aromatic carbocycles. The van der Waals surface area contributed by atoms with E-state index in [0.717, 1.165) is 30.1 Å². The van der Waals surface area contributed by atoms with Crippen molar-refractivity contribution < 1.29 is 0 Å². The monoisotopic (exact) mass is 305 g/mol. The van der Waals surface area contributed by atoms with Crippen LogP contribution in [-0.2, 0) is 0 Å². The van der Waals surface area contributed by atoms with Crippen molar-refractivity contribution in [1.82, 2.24) is 20.2 Å². The lowest BCUT2D eigenvalue weighted by molar-refractivity contribution is 0.255. The second kappa shape index (κ2) is 6.02. The topological polar surface area (TPSA) is 69.6 Å². The molecule has 1 fully saturated rings. The number of nitrogens with two attached hydrogens (primary N) is 1. The van der Waals surface area contributed by atoms with Gasteiger partial charge in [0.15, 0.2) is 5.82 Å². The molecule has 0 radical (unpaired) electrons. The third kappa shape index (κ3) is 3.02. The number of tetrazole rings is 1. The van der Waals surface area contributed by atoms with E-state index in [4.69, 9.17) is 17.3 Å². The standard InChI is InChI=1S/C15H20ClN5/c1-2-10-3-5-14(6-4-10)21-15(18-19-20-21)11-7-12(16)9-13(17)8-11/h7-10,14H,2-6,17H2,1H3. The van der Waals surface area contributed by atoms with Crippen LogP contribution in [-0.4, -0.2) is 20.2 Å². The molecule has 0 spiro atoms. The molecule has 0 amide bonds. The molecule has 1 saturated carbocycles. The summed E-state index contributed by atoms with van der Waals surface area (Å²) in [5, 5.41) is 12.8. The Bertz CT molecular complexity index is 596. The molecule has 0 bridgehead atoms. The number of anilines is 1. The van der Waals surface area contributed by atoms with Crippen molar-refractivity contribution in [2.45, 2.75) is 45.1 Å². The summed E-state index contributed by atoms with van der Waals surface area (Å²) in [6.45, 7) is 2.27. The number of hydrogen-bond donors (Lipinski definition) is 1. The highest BCUT2D eigenvalue weighted by atomic mass is 35.5. The predicted octanol–water partition coefficient (Wildman–Crippen LogP) is 3.72. The van der Waals surface area contributed by atoms with Crippen molar-refractivity contribution in [3.05, 3.63) is 23.2 Å². The van der Waals surface area contributed by atoms with Crippen molar-refractivity contribution in [3.63, 3.8) is 0 Å². The van der Waals surface area contributed by atoms with E-state index in [-0.39, 0.29) is 0 Å². The highest BCUT2D eigenvalue weighted by Gasteiger charge is 2.25. The molecule has 0 saturated heterocycles. The van der Waals surface area contributed by atoms with E-state index in [2.05, 4.69) is 22.4 Å². The summed E-state index contributed by atoms with van der Waals surface area (Å²) in [7, 11) is 0. The van der Waals surface area contributed by atoms with E-state index in [1.54, 1.807) is 6.07 Å². The molecule has 2 N–H and O–H groups in total. The van der Waals surface area contributed by atoms with Gasteiger partial charge in [-0.1, -0.05) is 24.9 Å². The second-order valence-electron chi connectivity index (χ2n) is 5.80. The second-order valence-corrected chi connectivity index (χ2v) is 6.24. The molecule has 1 aliphatic carbocycles. The normalized spacial score (nSPS) is 22.4. The average Bonchev–Trinajstić information content (AvgIpc) is 2.96. The van der Waals surface area contributed by atoms with Gasteiger partial charge >= 0.3 is 0 Å². The zero-order valence-electron chi connectivity index (χ0n) is 12.2. The fourth-order valence-electron chi connectivity index (χ4n) is 3.17. The highest BCUT2D eigenvalue weighted by Crippen LogP contribution is 2.35. The molecule has 0 atom stereocenters. The van der Waals surface area contributed by atoms with Gasteiger partial charge in [0.25, 0.3) is 0 Å². The first-order chi connectivity index (χ1) is 10.2. The predicted molar refractivity (Wildman–Crippen MR) is 84.0 cm³/mol. The quantitative estimate of drug-likeness (QED) is 0.877. The fraction of sp³-hybridized carbons (Fsp3) is 0.533. The summed E-state index contributed by atoms with van der Waals surface area (Å²) in [5.41, 5.74) is 7.37. The zero-order chi connectivity index (χ0) is 14.8. The minimum Gasteiger partial charge on any atom is -0.399 e. The van der Waals surface area contributed by atoms with Gasteiger partial charge in [0.2, 0.25) is 0 Å². The third-order valence-electron chi connectivity index (χ3n) is 4.41.